The molecule has 1 aliphatic carbocycles. The third-order valence-electron chi connectivity index (χ3n) is 5.16. The van der Waals surface area contributed by atoms with Gasteiger partial charge in [-0.25, -0.2) is 9.79 Å². The van der Waals surface area contributed by atoms with Crippen molar-refractivity contribution in [3.63, 3.8) is 0 Å². The lowest BCUT2D eigenvalue weighted by Crippen LogP contribution is -2.45. The molecule has 2 atom stereocenters. The fraction of sp³-hybridized carbons (Fsp3) is 0.550. The summed E-state index contributed by atoms with van der Waals surface area (Å²) in [5.74, 6) is -0.871. The van der Waals surface area contributed by atoms with Gasteiger partial charge in [0, 0.05) is 10.2 Å². The fourth-order valence-corrected chi connectivity index (χ4v) is 4.01. The minimum absolute atomic E-state index is 0.0289. The molecule has 1 aliphatic heterocycles. The zero-order chi connectivity index (χ0) is 18.5. The van der Waals surface area contributed by atoms with Crippen molar-refractivity contribution in [2.24, 2.45) is 10.9 Å². The van der Waals surface area contributed by atoms with Gasteiger partial charge in [0.15, 0.2) is 0 Å². The van der Waals surface area contributed by atoms with Crippen molar-refractivity contribution >= 4 is 33.6 Å². The standard InChI is InChI=1S/C20H25BrN2O3/c1-13-17(19(24)26-16-7-5-3-2-4-6-8-16)18(23-20(25)22-13)14-9-11-15(21)12-10-14/h9-12,16-18H,2-8H2,1H3,(H,23,25). The second-order valence-corrected chi connectivity index (χ2v) is 8.03. The number of carbonyl (C=O) groups excluding carboxylic acids is 2. The highest BCUT2D eigenvalue weighted by atomic mass is 79.9. The quantitative estimate of drug-likeness (QED) is 0.703. The number of esters is 1. The monoisotopic (exact) mass is 420 g/mol. The first kappa shape index (κ1) is 19.1. The van der Waals surface area contributed by atoms with Gasteiger partial charge in [0.1, 0.15) is 12.0 Å². The van der Waals surface area contributed by atoms with Crippen molar-refractivity contribution in [2.45, 2.75) is 64.0 Å². The van der Waals surface area contributed by atoms with Gasteiger partial charge in [0.2, 0.25) is 0 Å². The number of nitrogens with zero attached hydrogens (tertiary/aromatic N) is 1. The number of rotatable bonds is 3. The van der Waals surface area contributed by atoms with Crippen molar-refractivity contribution in [2.75, 3.05) is 0 Å². The van der Waals surface area contributed by atoms with Gasteiger partial charge >= 0.3 is 12.0 Å². The third kappa shape index (κ3) is 4.72. The van der Waals surface area contributed by atoms with E-state index in [1.807, 2.05) is 24.3 Å². The van der Waals surface area contributed by atoms with E-state index in [1.165, 1.54) is 19.3 Å². The van der Waals surface area contributed by atoms with E-state index in [1.54, 1.807) is 6.92 Å². The van der Waals surface area contributed by atoms with Crippen LogP contribution in [0.3, 0.4) is 0 Å². The molecule has 6 heteroatoms. The molecule has 0 radical (unpaired) electrons. The van der Waals surface area contributed by atoms with Gasteiger partial charge in [-0.15, -0.1) is 0 Å². The molecule has 1 aromatic rings. The summed E-state index contributed by atoms with van der Waals surface area (Å²) in [7, 11) is 0. The summed E-state index contributed by atoms with van der Waals surface area (Å²) in [4.78, 5) is 28.8. The minimum atomic E-state index is -0.584. The molecule has 2 amide bonds. The lowest BCUT2D eigenvalue weighted by molar-refractivity contribution is -0.153. The molecule has 2 aliphatic rings. The van der Waals surface area contributed by atoms with E-state index in [-0.39, 0.29) is 12.1 Å². The first-order valence-corrected chi connectivity index (χ1v) is 10.2. The number of halogens is 1. The van der Waals surface area contributed by atoms with Crippen molar-refractivity contribution in [1.29, 1.82) is 0 Å². The Bertz CT molecular complexity index is 679. The number of benzene rings is 1. The topological polar surface area (TPSA) is 67.8 Å². The van der Waals surface area contributed by atoms with Crippen LogP contribution in [0.5, 0.6) is 0 Å². The number of urea groups is 1. The summed E-state index contributed by atoms with van der Waals surface area (Å²) in [5.41, 5.74) is 1.38. The van der Waals surface area contributed by atoms with E-state index in [9.17, 15) is 9.59 Å². The number of nitrogens with one attached hydrogen (secondary N) is 1. The van der Waals surface area contributed by atoms with Crippen LogP contribution in [-0.2, 0) is 9.53 Å². The Balaban J connectivity index is 1.78. The molecule has 26 heavy (non-hydrogen) atoms. The van der Waals surface area contributed by atoms with Crippen LogP contribution < -0.4 is 5.32 Å². The second kappa shape index (κ2) is 8.80. The zero-order valence-electron chi connectivity index (χ0n) is 15.0. The number of ether oxygens (including phenoxy) is 1. The fourth-order valence-electron chi connectivity index (χ4n) is 3.75. The lowest BCUT2D eigenvalue weighted by atomic mass is 9.88. The molecule has 1 aromatic carbocycles. The van der Waals surface area contributed by atoms with Gasteiger partial charge in [0.05, 0.1) is 6.04 Å². The molecule has 140 valence electrons. The lowest BCUT2D eigenvalue weighted by Gasteiger charge is -2.31. The normalized spacial score (nSPS) is 24.8. The SMILES string of the molecule is CC1=NC(=O)NC(c2ccc(Br)cc2)C1C(=O)OC1CCCCCCC1. The molecule has 1 heterocycles. The zero-order valence-corrected chi connectivity index (χ0v) is 16.6. The van der Waals surface area contributed by atoms with Crippen molar-refractivity contribution < 1.29 is 14.3 Å². The molecule has 0 bridgehead atoms. The van der Waals surface area contributed by atoms with Gasteiger partial charge in [-0.3, -0.25) is 4.79 Å². The number of hydrogen-bond acceptors (Lipinski definition) is 3. The van der Waals surface area contributed by atoms with Gasteiger partial charge in [-0.05, 0) is 50.3 Å². The Hall–Kier alpha value is -1.69. The molecule has 5 nitrogen and oxygen atoms in total. The van der Waals surface area contributed by atoms with Crippen LogP contribution in [0.2, 0.25) is 0 Å². The van der Waals surface area contributed by atoms with Crippen LogP contribution in [-0.4, -0.2) is 23.8 Å². The maximum absolute atomic E-state index is 13.0. The largest absolute Gasteiger partial charge is 0.462 e. The molecule has 0 aromatic heterocycles. The number of hydrogen-bond donors (Lipinski definition) is 1. The van der Waals surface area contributed by atoms with Crippen molar-refractivity contribution in [3.8, 4) is 0 Å². The Labute approximate surface area is 162 Å². The molecule has 1 N–H and O–H groups in total. The van der Waals surface area contributed by atoms with E-state index in [0.29, 0.717) is 5.71 Å². The predicted molar refractivity (Wildman–Crippen MR) is 104 cm³/mol. The third-order valence-corrected chi connectivity index (χ3v) is 5.69. The number of amides is 2. The van der Waals surface area contributed by atoms with Crippen molar-refractivity contribution in [1.82, 2.24) is 5.32 Å². The van der Waals surface area contributed by atoms with Crippen LogP contribution in [0, 0.1) is 5.92 Å². The number of aliphatic imine (C=N–C) groups is 1. The molecular formula is C20H25BrN2O3. The maximum atomic E-state index is 13.0. The Kier molecular flexibility index (Phi) is 6.46. The first-order valence-electron chi connectivity index (χ1n) is 9.36. The van der Waals surface area contributed by atoms with E-state index < -0.39 is 18.0 Å². The Morgan fingerprint density at radius 2 is 1.73 bits per heavy atom. The van der Waals surface area contributed by atoms with Crippen LogP contribution in [0.25, 0.3) is 0 Å². The minimum Gasteiger partial charge on any atom is -0.462 e. The molecule has 1 saturated carbocycles. The van der Waals surface area contributed by atoms with Crippen LogP contribution in [0.15, 0.2) is 33.7 Å². The summed E-state index contributed by atoms with van der Waals surface area (Å²) in [6.07, 6.45) is 7.69. The van der Waals surface area contributed by atoms with E-state index in [4.69, 9.17) is 4.74 Å². The summed E-state index contributed by atoms with van der Waals surface area (Å²) >= 11 is 3.41. The highest BCUT2D eigenvalue weighted by Gasteiger charge is 2.38. The number of carbonyl (C=O) groups is 2. The smallest absolute Gasteiger partial charge is 0.341 e. The summed E-state index contributed by atoms with van der Waals surface area (Å²) in [6.45, 7) is 1.73. The molecule has 3 rings (SSSR count). The molecule has 1 fully saturated rings. The summed E-state index contributed by atoms with van der Waals surface area (Å²) in [6, 6.07) is 6.76. The van der Waals surface area contributed by atoms with Gasteiger partial charge < -0.3 is 10.1 Å². The summed E-state index contributed by atoms with van der Waals surface area (Å²) < 4.78 is 6.81. The molecule has 0 saturated heterocycles. The van der Waals surface area contributed by atoms with Crippen LogP contribution >= 0.6 is 15.9 Å². The second-order valence-electron chi connectivity index (χ2n) is 7.11. The van der Waals surface area contributed by atoms with E-state index in [0.717, 1.165) is 35.7 Å². The van der Waals surface area contributed by atoms with Crippen LogP contribution in [0.1, 0.15) is 63.5 Å². The average molecular weight is 421 g/mol. The Morgan fingerprint density at radius 1 is 1.12 bits per heavy atom. The molecule has 2 unspecified atom stereocenters. The van der Waals surface area contributed by atoms with Crippen LogP contribution in [0.4, 0.5) is 4.79 Å². The van der Waals surface area contributed by atoms with Gasteiger partial charge in [0.25, 0.3) is 0 Å². The predicted octanol–water partition coefficient (Wildman–Crippen LogP) is 4.95. The van der Waals surface area contributed by atoms with Gasteiger partial charge in [-0.1, -0.05) is 47.3 Å². The highest BCUT2D eigenvalue weighted by molar-refractivity contribution is 9.10. The van der Waals surface area contributed by atoms with Gasteiger partial charge in [-0.2, -0.15) is 0 Å². The molecular weight excluding hydrogens is 396 g/mol. The molecule has 0 spiro atoms. The Morgan fingerprint density at radius 3 is 2.38 bits per heavy atom. The highest BCUT2D eigenvalue weighted by Crippen LogP contribution is 2.30. The summed E-state index contributed by atoms with van der Waals surface area (Å²) in [5, 5.41) is 2.83. The van der Waals surface area contributed by atoms with Crippen molar-refractivity contribution in [3.05, 3.63) is 34.3 Å². The average Bonchev–Trinajstić information content (AvgIpc) is 2.57. The first-order chi connectivity index (χ1) is 12.5. The van der Waals surface area contributed by atoms with E-state index >= 15 is 0 Å². The maximum Gasteiger partial charge on any atom is 0.341 e. The van der Waals surface area contributed by atoms with E-state index in [2.05, 4.69) is 26.2 Å².